The quantitative estimate of drug-likeness (QED) is 0.189. The van der Waals surface area contributed by atoms with Crippen molar-refractivity contribution in [2.24, 2.45) is 0 Å². The van der Waals surface area contributed by atoms with E-state index in [9.17, 15) is 14.7 Å². The molecule has 2 aromatic carbocycles. The molecular formula is C27H32ClNO5. The number of hydrogen-bond donors (Lipinski definition) is 1. The zero-order valence-electron chi connectivity index (χ0n) is 20.1. The summed E-state index contributed by atoms with van der Waals surface area (Å²) in [4.78, 5) is 27.8. The molecule has 0 aromatic heterocycles. The van der Waals surface area contributed by atoms with Gasteiger partial charge in [0.05, 0.1) is 29.3 Å². The molecule has 34 heavy (non-hydrogen) atoms. The molecule has 1 heterocycles. The van der Waals surface area contributed by atoms with Crippen LogP contribution in [-0.2, 0) is 9.59 Å². The second-order valence-corrected chi connectivity index (χ2v) is 8.92. The number of aliphatic hydroxyl groups excluding tert-OH is 1. The zero-order chi connectivity index (χ0) is 24.8. The van der Waals surface area contributed by atoms with Crippen molar-refractivity contribution in [3.63, 3.8) is 0 Å². The largest absolute Gasteiger partial charge is 0.507 e. The van der Waals surface area contributed by atoms with Gasteiger partial charge in [-0.1, -0.05) is 43.5 Å². The molecule has 1 fully saturated rings. The van der Waals surface area contributed by atoms with Gasteiger partial charge in [-0.25, -0.2) is 0 Å². The average Bonchev–Trinajstić information content (AvgIpc) is 3.05. The number of carbonyl (C=O) groups excluding carboxylic acids is 2. The molecule has 0 bridgehead atoms. The van der Waals surface area contributed by atoms with E-state index >= 15 is 0 Å². The van der Waals surface area contributed by atoms with Crippen molar-refractivity contribution in [1.29, 1.82) is 0 Å². The third kappa shape index (κ3) is 5.55. The minimum Gasteiger partial charge on any atom is -0.507 e. The molecule has 0 spiro atoms. The highest BCUT2D eigenvalue weighted by Crippen LogP contribution is 2.41. The normalized spacial score (nSPS) is 17.5. The first-order valence-electron chi connectivity index (χ1n) is 11.8. The highest BCUT2D eigenvalue weighted by molar-refractivity contribution is 6.47. The first-order valence-corrected chi connectivity index (χ1v) is 12.1. The van der Waals surface area contributed by atoms with Crippen LogP contribution in [0.25, 0.3) is 5.76 Å². The van der Waals surface area contributed by atoms with Crippen LogP contribution < -0.4 is 9.47 Å². The predicted octanol–water partition coefficient (Wildman–Crippen LogP) is 6.14. The molecule has 0 aliphatic carbocycles. The van der Waals surface area contributed by atoms with Crippen molar-refractivity contribution in [2.45, 2.75) is 59.1 Å². The smallest absolute Gasteiger partial charge is 0.295 e. The van der Waals surface area contributed by atoms with Crippen molar-refractivity contribution >= 4 is 29.1 Å². The summed E-state index contributed by atoms with van der Waals surface area (Å²) in [5.74, 6) is -0.455. The van der Waals surface area contributed by atoms with Crippen LogP contribution in [0.4, 0.5) is 0 Å². The average molecular weight is 486 g/mol. The number of halogens is 1. The number of ether oxygens (including phenoxy) is 2. The molecule has 1 atom stereocenters. The molecule has 2 aromatic rings. The van der Waals surface area contributed by atoms with Gasteiger partial charge in [0.2, 0.25) is 0 Å². The van der Waals surface area contributed by atoms with Crippen LogP contribution in [0.5, 0.6) is 11.5 Å². The maximum Gasteiger partial charge on any atom is 0.295 e. The van der Waals surface area contributed by atoms with Gasteiger partial charge in [0.15, 0.2) is 0 Å². The van der Waals surface area contributed by atoms with Gasteiger partial charge in [0, 0.05) is 12.1 Å². The second-order valence-electron chi connectivity index (χ2n) is 8.51. The fraction of sp³-hybridized carbons (Fsp3) is 0.407. The van der Waals surface area contributed by atoms with Crippen LogP contribution in [0.2, 0.25) is 5.02 Å². The number of carbonyl (C=O) groups is 2. The Hall–Kier alpha value is -2.99. The number of ketones is 1. The number of benzene rings is 2. The van der Waals surface area contributed by atoms with E-state index in [1.54, 1.807) is 23.1 Å². The van der Waals surface area contributed by atoms with Gasteiger partial charge in [0.25, 0.3) is 11.7 Å². The molecule has 3 rings (SSSR count). The van der Waals surface area contributed by atoms with E-state index in [0.29, 0.717) is 30.2 Å². The van der Waals surface area contributed by atoms with Crippen molar-refractivity contribution in [2.75, 3.05) is 13.2 Å². The van der Waals surface area contributed by atoms with E-state index in [1.807, 2.05) is 45.0 Å². The Morgan fingerprint density at radius 2 is 1.74 bits per heavy atom. The topological polar surface area (TPSA) is 76.1 Å². The third-order valence-electron chi connectivity index (χ3n) is 5.61. The van der Waals surface area contributed by atoms with Crippen molar-refractivity contribution in [3.05, 3.63) is 64.2 Å². The van der Waals surface area contributed by atoms with E-state index in [1.165, 1.54) is 0 Å². The molecule has 6 nitrogen and oxygen atoms in total. The Morgan fingerprint density at radius 3 is 2.35 bits per heavy atom. The van der Waals surface area contributed by atoms with Gasteiger partial charge < -0.3 is 19.5 Å². The molecule has 1 unspecified atom stereocenters. The summed E-state index contributed by atoms with van der Waals surface area (Å²) in [5.41, 5.74) is 0.990. The summed E-state index contributed by atoms with van der Waals surface area (Å²) in [6.07, 6.45) is 2.69. The molecular weight excluding hydrogens is 454 g/mol. The fourth-order valence-corrected chi connectivity index (χ4v) is 4.28. The van der Waals surface area contributed by atoms with Gasteiger partial charge in [-0.3, -0.25) is 9.59 Å². The zero-order valence-corrected chi connectivity index (χ0v) is 20.9. The molecule has 1 N–H and O–H groups in total. The summed E-state index contributed by atoms with van der Waals surface area (Å²) in [6, 6.07) is 11.4. The number of Topliss-reactive ketones (excluding diaryl/α,β-unsaturated/α-hetero) is 1. The molecule has 1 amide bonds. The number of rotatable bonds is 10. The molecule has 182 valence electrons. The monoisotopic (exact) mass is 485 g/mol. The number of amides is 1. The van der Waals surface area contributed by atoms with Crippen LogP contribution >= 0.6 is 11.6 Å². The number of hydrogen-bond acceptors (Lipinski definition) is 5. The SMILES string of the molecule is CCCCCN1C(=O)C(=O)/C(=C(/O)c2cc(OCC)ccc2Cl)C1c1ccc(OC(C)C)cc1. The fourth-order valence-electron chi connectivity index (χ4n) is 4.08. The van der Waals surface area contributed by atoms with Crippen LogP contribution in [0.3, 0.4) is 0 Å². The van der Waals surface area contributed by atoms with Crippen molar-refractivity contribution in [1.82, 2.24) is 4.90 Å². The predicted molar refractivity (Wildman–Crippen MR) is 133 cm³/mol. The first kappa shape index (κ1) is 25.6. The lowest BCUT2D eigenvalue weighted by Gasteiger charge is -2.25. The summed E-state index contributed by atoms with van der Waals surface area (Å²) >= 11 is 6.38. The summed E-state index contributed by atoms with van der Waals surface area (Å²) in [5, 5.41) is 11.6. The Kier molecular flexibility index (Phi) is 8.61. The van der Waals surface area contributed by atoms with E-state index in [2.05, 4.69) is 6.92 Å². The van der Waals surface area contributed by atoms with E-state index in [0.717, 1.165) is 19.3 Å². The third-order valence-corrected chi connectivity index (χ3v) is 5.94. The molecule has 0 saturated carbocycles. The van der Waals surface area contributed by atoms with E-state index < -0.39 is 17.7 Å². The number of likely N-dealkylation sites (tertiary alicyclic amines) is 1. The minimum absolute atomic E-state index is 0.0188. The standard InChI is InChI=1S/C27H32ClNO5/c1-5-7-8-15-29-24(18-9-11-19(12-10-18)34-17(3)4)23(26(31)27(29)32)25(30)21-16-20(33-6-2)13-14-22(21)28/h9-14,16-17,24,30H,5-8,15H2,1-4H3/b25-23+. The number of nitrogens with zero attached hydrogens (tertiary/aromatic N) is 1. The van der Waals surface area contributed by atoms with E-state index in [4.69, 9.17) is 21.1 Å². The lowest BCUT2D eigenvalue weighted by atomic mass is 9.95. The summed E-state index contributed by atoms with van der Waals surface area (Å²) in [7, 11) is 0. The Morgan fingerprint density at radius 1 is 1.06 bits per heavy atom. The molecule has 1 aliphatic rings. The van der Waals surface area contributed by atoms with Gasteiger partial charge >= 0.3 is 0 Å². The molecule has 0 radical (unpaired) electrons. The Labute approximate surface area is 206 Å². The van der Waals surface area contributed by atoms with Gasteiger partial charge in [-0.15, -0.1) is 0 Å². The van der Waals surface area contributed by atoms with Gasteiger partial charge in [-0.2, -0.15) is 0 Å². The maximum absolute atomic E-state index is 13.2. The van der Waals surface area contributed by atoms with Crippen LogP contribution in [0.1, 0.15) is 64.1 Å². The summed E-state index contributed by atoms with van der Waals surface area (Å²) < 4.78 is 11.3. The number of unbranched alkanes of at least 4 members (excludes halogenated alkanes) is 2. The second kappa shape index (κ2) is 11.4. The first-order chi connectivity index (χ1) is 16.3. The molecule has 7 heteroatoms. The van der Waals surface area contributed by atoms with Gasteiger partial charge in [-0.05, 0) is 63.1 Å². The van der Waals surface area contributed by atoms with E-state index in [-0.39, 0.29) is 28.0 Å². The van der Waals surface area contributed by atoms with Crippen molar-refractivity contribution < 1.29 is 24.2 Å². The van der Waals surface area contributed by atoms with Crippen LogP contribution in [0, 0.1) is 0 Å². The maximum atomic E-state index is 13.2. The van der Waals surface area contributed by atoms with Crippen molar-refractivity contribution in [3.8, 4) is 11.5 Å². The van der Waals surface area contributed by atoms with Crippen LogP contribution in [-0.4, -0.2) is 41.0 Å². The minimum atomic E-state index is -0.725. The molecule has 1 aliphatic heterocycles. The summed E-state index contributed by atoms with van der Waals surface area (Å²) in [6.45, 7) is 8.66. The number of aliphatic hydroxyl groups is 1. The van der Waals surface area contributed by atoms with Crippen LogP contribution in [0.15, 0.2) is 48.0 Å². The lowest BCUT2D eigenvalue weighted by molar-refractivity contribution is -0.139. The Bertz CT molecular complexity index is 1060. The highest BCUT2D eigenvalue weighted by atomic mass is 35.5. The Balaban J connectivity index is 2.12. The highest BCUT2D eigenvalue weighted by Gasteiger charge is 2.46. The molecule has 1 saturated heterocycles. The lowest BCUT2D eigenvalue weighted by Crippen LogP contribution is -2.30. The van der Waals surface area contributed by atoms with Gasteiger partial charge in [0.1, 0.15) is 17.3 Å².